The summed E-state index contributed by atoms with van der Waals surface area (Å²) in [6, 6.07) is 0. The van der Waals surface area contributed by atoms with Crippen molar-refractivity contribution in [3.63, 3.8) is 0 Å². The molecule has 112 valence electrons. The number of carbonyl (C=O) groups is 1. The van der Waals surface area contributed by atoms with E-state index >= 15 is 0 Å². The van der Waals surface area contributed by atoms with Crippen LogP contribution in [0.15, 0.2) is 6.20 Å². The summed E-state index contributed by atoms with van der Waals surface area (Å²) >= 11 is 0. The van der Waals surface area contributed by atoms with E-state index in [0.717, 1.165) is 30.5 Å². The largest absolute Gasteiger partial charge is 0.435 e. The number of nitrogens with one attached hydrogen (secondary N) is 1. The van der Waals surface area contributed by atoms with Gasteiger partial charge in [-0.25, -0.2) is 0 Å². The van der Waals surface area contributed by atoms with Crippen LogP contribution < -0.4 is 5.32 Å². The van der Waals surface area contributed by atoms with E-state index in [-0.39, 0.29) is 0 Å². The predicted octanol–water partition coefficient (Wildman–Crippen LogP) is 1.12. The average molecular weight is 290 g/mol. The molecule has 20 heavy (non-hydrogen) atoms. The number of hydrogen-bond donors (Lipinski definition) is 1. The van der Waals surface area contributed by atoms with E-state index in [1.54, 1.807) is 0 Å². The lowest BCUT2D eigenvalue weighted by atomic mass is 10.0. The molecule has 0 bridgehead atoms. The highest BCUT2D eigenvalue weighted by atomic mass is 19.4. The minimum absolute atomic E-state index is 0.310. The van der Waals surface area contributed by atoms with Crippen molar-refractivity contribution in [2.45, 2.75) is 13.1 Å². The van der Waals surface area contributed by atoms with Gasteiger partial charge in [0.15, 0.2) is 5.69 Å². The second-order valence-electron chi connectivity index (χ2n) is 4.99. The lowest BCUT2D eigenvalue weighted by Crippen LogP contribution is -2.51. The molecule has 0 spiro atoms. The fourth-order valence-corrected chi connectivity index (χ4v) is 2.26. The SMILES string of the molecule is CCN1CC(CNC(=O)c2cn(C)nc2C(F)(F)F)C1. The van der Waals surface area contributed by atoms with E-state index in [9.17, 15) is 18.0 Å². The molecule has 1 N–H and O–H groups in total. The van der Waals surface area contributed by atoms with Gasteiger partial charge in [0.1, 0.15) is 0 Å². The van der Waals surface area contributed by atoms with Gasteiger partial charge >= 0.3 is 6.18 Å². The van der Waals surface area contributed by atoms with Crippen molar-refractivity contribution in [2.24, 2.45) is 13.0 Å². The van der Waals surface area contributed by atoms with Crippen LogP contribution in [0.4, 0.5) is 13.2 Å². The molecule has 0 aromatic carbocycles. The molecule has 0 radical (unpaired) electrons. The molecule has 1 aliphatic heterocycles. The number of halogens is 3. The molecule has 1 fully saturated rings. The number of nitrogens with zero attached hydrogens (tertiary/aromatic N) is 3. The second kappa shape index (κ2) is 5.43. The number of hydrogen-bond acceptors (Lipinski definition) is 3. The average Bonchev–Trinajstić information content (AvgIpc) is 2.69. The van der Waals surface area contributed by atoms with Gasteiger partial charge in [0.05, 0.1) is 5.56 Å². The third-order valence-corrected chi connectivity index (χ3v) is 3.37. The molecule has 1 aromatic heterocycles. The zero-order chi connectivity index (χ0) is 14.9. The van der Waals surface area contributed by atoms with E-state index < -0.39 is 23.3 Å². The highest BCUT2D eigenvalue weighted by Crippen LogP contribution is 2.30. The molecule has 1 aliphatic rings. The fourth-order valence-electron chi connectivity index (χ4n) is 2.26. The van der Waals surface area contributed by atoms with Gasteiger partial charge in [-0.1, -0.05) is 6.92 Å². The Morgan fingerprint density at radius 2 is 2.15 bits per heavy atom. The molecule has 0 aliphatic carbocycles. The van der Waals surface area contributed by atoms with Gasteiger partial charge in [-0.3, -0.25) is 9.48 Å². The van der Waals surface area contributed by atoms with Crippen molar-refractivity contribution in [3.8, 4) is 0 Å². The number of aryl methyl sites for hydroxylation is 1. The maximum Gasteiger partial charge on any atom is 0.435 e. The Bertz CT molecular complexity index is 491. The monoisotopic (exact) mass is 290 g/mol. The lowest BCUT2D eigenvalue weighted by Gasteiger charge is -2.38. The molecule has 0 saturated carbocycles. The summed E-state index contributed by atoms with van der Waals surface area (Å²) in [5.74, 6) is -0.412. The van der Waals surface area contributed by atoms with Gasteiger partial charge in [-0.15, -0.1) is 0 Å². The van der Waals surface area contributed by atoms with Crippen LogP contribution in [0.5, 0.6) is 0 Å². The van der Waals surface area contributed by atoms with Gasteiger partial charge in [0.25, 0.3) is 5.91 Å². The molecule has 8 heteroatoms. The highest BCUT2D eigenvalue weighted by molar-refractivity contribution is 5.95. The third kappa shape index (κ3) is 3.12. The molecular formula is C12H17F3N4O. The van der Waals surface area contributed by atoms with E-state index in [4.69, 9.17) is 0 Å². The van der Waals surface area contributed by atoms with Crippen molar-refractivity contribution in [1.82, 2.24) is 20.0 Å². The first-order chi connectivity index (χ1) is 9.31. The number of rotatable bonds is 4. The van der Waals surface area contributed by atoms with Crippen molar-refractivity contribution in [3.05, 3.63) is 17.5 Å². The first-order valence-corrected chi connectivity index (χ1v) is 6.42. The summed E-state index contributed by atoms with van der Waals surface area (Å²) in [7, 11) is 1.36. The summed E-state index contributed by atoms with van der Waals surface area (Å²) in [6.45, 7) is 5.12. The molecule has 1 amide bonds. The van der Waals surface area contributed by atoms with Crippen LogP contribution in [0.25, 0.3) is 0 Å². The van der Waals surface area contributed by atoms with Crippen LogP contribution in [0.2, 0.25) is 0 Å². The van der Waals surface area contributed by atoms with Gasteiger partial charge in [0, 0.05) is 38.8 Å². The molecule has 5 nitrogen and oxygen atoms in total. The molecule has 0 unspecified atom stereocenters. The van der Waals surface area contributed by atoms with Crippen molar-refractivity contribution in [2.75, 3.05) is 26.2 Å². The van der Waals surface area contributed by atoms with E-state index in [0.29, 0.717) is 12.5 Å². The van der Waals surface area contributed by atoms with Crippen LogP contribution in [0.3, 0.4) is 0 Å². The summed E-state index contributed by atoms with van der Waals surface area (Å²) in [4.78, 5) is 14.0. The van der Waals surface area contributed by atoms with Crippen molar-refractivity contribution < 1.29 is 18.0 Å². The summed E-state index contributed by atoms with van der Waals surface area (Å²) in [6.07, 6.45) is -3.53. The predicted molar refractivity (Wildman–Crippen MR) is 66.1 cm³/mol. The highest BCUT2D eigenvalue weighted by Gasteiger charge is 2.39. The fraction of sp³-hybridized carbons (Fsp3) is 0.667. The minimum atomic E-state index is -4.62. The van der Waals surface area contributed by atoms with Crippen LogP contribution in [-0.2, 0) is 13.2 Å². The summed E-state index contributed by atoms with van der Waals surface area (Å²) < 4.78 is 39.2. The van der Waals surface area contributed by atoms with Crippen LogP contribution in [0.1, 0.15) is 23.0 Å². The Labute approximate surface area is 114 Å². The zero-order valence-corrected chi connectivity index (χ0v) is 11.4. The van der Waals surface area contributed by atoms with Gasteiger partial charge in [0.2, 0.25) is 0 Å². The molecule has 0 atom stereocenters. The number of carbonyl (C=O) groups excluding carboxylic acids is 1. The maximum absolute atomic E-state index is 12.7. The first-order valence-electron chi connectivity index (χ1n) is 6.42. The first kappa shape index (κ1) is 14.8. The molecule has 2 heterocycles. The van der Waals surface area contributed by atoms with E-state index in [1.807, 2.05) is 6.92 Å². The maximum atomic E-state index is 12.7. The number of aromatic nitrogens is 2. The van der Waals surface area contributed by atoms with Crippen molar-refractivity contribution in [1.29, 1.82) is 0 Å². The summed E-state index contributed by atoms with van der Waals surface area (Å²) in [5.41, 5.74) is -1.56. The molecule has 1 aromatic rings. The smallest absolute Gasteiger partial charge is 0.352 e. The Balaban J connectivity index is 1.96. The van der Waals surface area contributed by atoms with E-state index in [1.165, 1.54) is 7.05 Å². The normalized spacial score (nSPS) is 17.1. The molecule has 2 rings (SSSR count). The van der Waals surface area contributed by atoms with Gasteiger partial charge in [-0.05, 0) is 6.54 Å². The Morgan fingerprint density at radius 3 is 2.70 bits per heavy atom. The zero-order valence-electron chi connectivity index (χ0n) is 11.4. The minimum Gasteiger partial charge on any atom is -0.352 e. The Kier molecular flexibility index (Phi) is 4.03. The molecule has 1 saturated heterocycles. The quantitative estimate of drug-likeness (QED) is 0.904. The lowest BCUT2D eigenvalue weighted by molar-refractivity contribution is -0.141. The second-order valence-corrected chi connectivity index (χ2v) is 4.99. The topological polar surface area (TPSA) is 50.2 Å². The molecular weight excluding hydrogens is 273 g/mol. The summed E-state index contributed by atoms with van der Waals surface area (Å²) in [5, 5.41) is 5.86. The Morgan fingerprint density at radius 1 is 1.50 bits per heavy atom. The number of amides is 1. The van der Waals surface area contributed by atoms with Crippen LogP contribution in [0, 0.1) is 5.92 Å². The standard InChI is InChI=1S/C12H17F3N4O/c1-3-19-5-8(6-19)4-16-11(20)9-7-18(2)17-10(9)12(13,14)15/h7-8H,3-6H2,1-2H3,(H,16,20). The van der Waals surface area contributed by atoms with Crippen LogP contribution in [-0.4, -0.2) is 46.8 Å². The van der Waals surface area contributed by atoms with Gasteiger partial charge < -0.3 is 10.2 Å². The van der Waals surface area contributed by atoms with Crippen LogP contribution >= 0.6 is 0 Å². The van der Waals surface area contributed by atoms with Crippen molar-refractivity contribution >= 4 is 5.91 Å². The van der Waals surface area contributed by atoms with E-state index in [2.05, 4.69) is 15.3 Å². The Hall–Kier alpha value is -1.57. The number of alkyl halides is 3. The third-order valence-electron chi connectivity index (χ3n) is 3.37. The van der Waals surface area contributed by atoms with Gasteiger partial charge in [-0.2, -0.15) is 18.3 Å². The number of likely N-dealkylation sites (tertiary alicyclic amines) is 1.